The molecule has 0 spiro atoms. The first-order valence-electron chi connectivity index (χ1n) is 6.47. The Hall–Kier alpha value is -2.55. The number of carbonyl (C=O) groups excluding carboxylic acids is 1. The summed E-state index contributed by atoms with van der Waals surface area (Å²) < 4.78 is 6.86. The normalized spacial score (nSPS) is 10.7. The number of methoxy groups -OCH3 is 1. The van der Waals surface area contributed by atoms with E-state index in [0.29, 0.717) is 5.69 Å². The van der Waals surface area contributed by atoms with Crippen LogP contribution in [0.1, 0.15) is 16.1 Å². The number of rotatable bonds is 2. The van der Waals surface area contributed by atoms with Crippen LogP contribution >= 0.6 is 0 Å². The van der Waals surface area contributed by atoms with E-state index in [2.05, 4.69) is 0 Å². The zero-order valence-corrected chi connectivity index (χ0v) is 11.5. The van der Waals surface area contributed by atoms with Gasteiger partial charge in [0.2, 0.25) is 0 Å². The van der Waals surface area contributed by atoms with E-state index < -0.39 is 0 Å². The van der Waals surface area contributed by atoms with Gasteiger partial charge in [-0.15, -0.1) is 0 Å². The molecule has 0 saturated carbocycles. The van der Waals surface area contributed by atoms with Crippen LogP contribution in [0.5, 0.6) is 0 Å². The number of nitrogens with zero attached hydrogens (tertiary/aromatic N) is 1. The van der Waals surface area contributed by atoms with Crippen molar-refractivity contribution in [1.29, 1.82) is 0 Å². The zero-order valence-electron chi connectivity index (χ0n) is 11.5. The van der Waals surface area contributed by atoms with Crippen LogP contribution in [0.15, 0.2) is 54.6 Å². The molecule has 0 unspecified atom stereocenters. The van der Waals surface area contributed by atoms with E-state index in [-0.39, 0.29) is 5.97 Å². The minimum absolute atomic E-state index is 0.329. The van der Waals surface area contributed by atoms with E-state index >= 15 is 0 Å². The fourth-order valence-electron chi connectivity index (χ4n) is 2.48. The SMILES string of the molecule is COC(=O)c1cc2ccccc2n1-c1ccccc1C. The molecule has 3 heteroatoms. The maximum atomic E-state index is 12.0. The second-order valence-corrected chi connectivity index (χ2v) is 4.70. The molecule has 0 fully saturated rings. The van der Waals surface area contributed by atoms with Gasteiger partial charge in [-0.1, -0.05) is 36.4 Å². The summed E-state index contributed by atoms with van der Waals surface area (Å²) in [5.41, 5.74) is 3.65. The lowest BCUT2D eigenvalue weighted by Gasteiger charge is -2.12. The maximum absolute atomic E-state index is 12.0. The third-order valence-electron chi connectivity index (χ3n) is 3.46. The topological polar surface area (TPSA) is 31.2 Å². The third-order valence-corrected chi connectivity index (χ3v) is 3.46. The molecule has 0 amide bonds. The Kier molecular flexibility index (Phi) is 3.03. The lowest BCUT2D eigenvalue weighted by Crippen LogP contribution is -2.09. The Morgan fingerprint density at radius 1 is 1.05 bits per heavy atom. The van der Waals surface area contributed by atoms with Gasteiger partial charge >= 0.3 is 5.97 Å². The Morgan fingerprint density at radius 3 is 2.50 bits per heavy atom. The van der Waals surface area contributed by atoms with E-state index in [0.717, 1.165) is 22.2 Å². The van der Waals surface area contributed by atoms with Gasteiger partial charge in [-0.2, -0.15) is 0 Å². The standard InChI is InChI=1S/C17H15NO2/c1-12-7-3-5-9-14(12)18-15-10-6-4-8-13(15)11-16(18)17(19)20-2/h3-11H,1-2H3. The van der Waals surface area contributed by atoms with Crippen LogP contribution in [0.25, 0.3) is 16.6 Å². The molecule has 20 heavy (non-hydrogen) atoms. The molecule has 0 atom stereocenters. The van der Waals surface area contributed by atoms with Crippen molar-refractivity contribution < 1.29 is 9.53 Å². The summed E-state index contributed by atoms with van der Waals surface area (Å²) in [6.07, 6.45) is 0. The highest BCUT2D eigenvalue weighted by Gasteiger charge is 2.17. The molecule has 0 aliphatic carbocycles. The molecule has 0 saturated heterocycles. The molecular formula is C17H15NO2. The van der Waals surface area contributed by atoms with E-state index in [1.54, 1.807) is 0 Å². The number of hydrogen-bond acceptors (Lipinski definition) is 2. The molecule has 3 aromatic rings. The highest BCUT2D eigenvalue weighted by Crippen LogP contribution is 2.26. The summed E-state index contributed by atoms with van der Waals surface area (Å²) in [7, 11) is 1.40. The van der Waals surface area contributed by atoms with Crippen molar-refractivity contribution in [2.45, 2.75) is 6.92 Å². The van der Waals surface area contributed by atoms with Gasteiger partial charge in [-0.3, -0.25) is 0 Å². The van der Waals surface area contributed by atoms with Crippen LogP contribution in [0.3, 0.4) is 0 Å². The average Bonchev–Trinajstić information content (AvgIpc) is 2.86. The van der Waals surface area contributed by atoms with Gasteiger partial charge in [0.25, 0.3) is 0 Å². The summed E-state index contributed by atoms with van der Waals surface area (Å²) in [6, 6.07) is 17.8. The number of ether oxygens (including phenoxy) is 1. The molecular weight excluding hydrogens is 250 g/mol. The summed E-state index contributed by atoms with van der Waals surface area (Å²) in [6.45, 7) is 2.03. The fraction of sp³-hybridized carbons (Fsp3) is 0.118. The molecule has 100 valence electrons. The number of fused-ring (bicyclic) bond motifs is 1. The fourth-order valence-corrected chi connectivity index (χ4v) is 2.48. The van der Waals surface area contributed by atoms with Gasteiger partial charge in [0.05, 0.1) is 12.6 Å². The molecule has 0 N–H and O–H groups in total. The predicted octanol–water partition coefficient (Wildman–Crippen LogP) is 3.73. The van der Waals surface area contributed by atoms with Gasteiger partial charge in [0.15, 0.2) is 0 Å². The zero-order chi connectivity index (χ0) is 14.1. The number of benzene rings is 2. The number of hydrogen-bond donors (Lipinski definition) is 0. The predicted molar refractivity (Wildman–Crippen MR) is 79.4 cm³/mol. The number of para-hydroxylation sites is 2. The summed E-state index contributed by atoms with van der Waals surface area (Å²) in [5.74, 6) is -0.329. The van der Waals surface area contributed by atoms with Gasteiger partial charge in [0, 0.05) is 11.1 Å². The van der Waals surface area contributed by atoms with Crippen molar-refractivity contribution in [2.75, 3.05) is 7.11 Å². The number of esters is 1. The van der Waals surface area contributed by atoms with Crippen molar-refractivity contribution in [3.63, 3.8) is 0 Å². The Labute approximate surface area is 117 Å². The lowest BCUT2D eigenvalue weighted by molar-refractivity contribution is 0.0592. The van der Waals surface area contributed by atoms with Crippen molar-refractivity contribution in [3.05, 3.63) is 65.9 Å². The smallest absolute Gasteiger partial charge is 0.355 e. The third kappa shape index (κ3) is 1.88. The molecule has 3 rings (SSSR count). The second kappa shape index (κ2) is 4.85. The molecule has 2 aromatic carbocycles. The molecule has 0 radical (unpaired) electrons. The molecule has 0 aliphatic rings. The van der Waals surface area contributed by atoms with Gasteiger partial charge < -0.3 is 9.30 Å². The van der Waals surface area contributed by atoms with Crippen LogP contribution in [-0.2, 0) is 4.74 Å². The average molecular weight is 265 g/mol. The lowest BCUT2D eigenvalue weighted by atomic mass is 10.2. The minimum atomic E-state index is -0.329. The largest absolute Gasteiger partial charge is 0.464 e. The summed E-state index contributed by atoms with van der Waals surface area (Å²) in [4.78, 5) is 12.0. The maximum Gasteiger partial charge on any atom is 0.355 e. The highest BCUT2D eigenvalue weighted by molar-refractivity contribution is 5.97. The Balaban J connectivity index is 2.38. The van der Waals surface area contributed by atoms with Crippen molar-refractivity contribution >= 4 is 16.9 Å². The van der Waals surface area contributed by atoms with Crippen LogP contribution in [0.2, 0.25) is 0 Å². The monoisotopic (exact) mass is 265 g/mol. The molecule has 1 aromatic heterocycles. The van der Waals surface area contributed by atoms with Crippen LogP contribution in [-0.4, -0.2) is 17.6 Å². The highest BCUT2D eigenvalue weighted by atomic mass is 16.5. The number of carbonyl (C=O) groups is 1. The second-order valence-electron chi connectivity index (χ2n) is 4.70. The molecule has 3 nitrogen and oxygen atoms in total. The molecule has 1 heterocycles. The molecule has 0 bridgehead atoms. The Morgan fingerprint density at radius 2 is 1.75 bits per heavy atom. The van der Waals surface area contributed by atoms with E-state index in [1.165, 1.54) is 7.11 Å². The van der Waals surface area contributed by atoms with Crippen molar-refractivity contribution in [2.24, 2.45) is 0 Å². The van der Waals surface area contributed by atoms with Gasteiger partial charge in [-0.05, 0) is 30.7 Å². The number of aromatic nitrogens is 1. The first-order chi connectivity index (χ1) is 9.72. The summed E-state index contributed by atoms with van der Waals surface area (Å²) in [5, 5.41) is 1.02. The van der Waals surface area contributed by atoms with Gasteiger partial charge in [-0.25, -0.2) is 4.79 Å². The van der Waals surface area contributed by atoms with E-state index in [9.17, 15) is 4.79 Å². The van der Waals surface area contributed by atoms with Crippen molar-refractivity contribution in [3.8, 4) is 5.69 Å². The van der Waals surface area contributed by atoms with Crippen LogP contribution in [0.4, 0.5) is 0 Å². The number of aryl methyl sites for hydroxylation is 1. The summed E-state index contributed by atoms with van der Waals surface area (Å²) >= 11 is 0. The Bertz CT molecular complexity index is 787. The van der Waals surface area contributed by atoms with E-state index in [1.807, 2.05) is 66.1 Å². The van der Waals surface area contributed by atoms with Crippen LogP contribution < -0.4 is 0 Å². The molecule has 0 aliphatic heterocycles. The van der Waals surface area contributed by atoms with Crippen LogP contribution in [0, 0.1) is 6.92 Å². The quantitative estimate of drug-likeness (QED) is 0.661. The van der Waals surface area contributed by atoms with E-state index in [4.69, 9.17) is 4.74 Å². The first kappa shape index (κ1) is 12.5. The van der Waals surface area contributed by atoms with Gasteiger partial charge in [0.1, 0.15) is 5.69 Å². The first-order valence-corrected chi connectivity index (χ1v) is 6.47. The minimum Gasteiger partial charge on any atom is -0.464 e. The van der Waals surface area contributed by atoms with Crippen molar-refractivity contribution in [1.82, 2.24) is 4.57 Å².